The fraction of sp³-hybridized carbons (Fsp3) is 0.103. The molecule has 0 aliphatic carbocycles. The Morgan fingerprint density at radius 2 is 1.36 bits per heavy atom. The van der Waals surface area contributed by atoms with Gasteiger partial charge >= 0.3 is 0 Å². The summed E-state index contributed by atoms with van der Waals surface area (Å²) < 4.78 is 2.12. The molecule has 7 aromatic rings. The SMILES string of the molecule is Cc1cc(C)c(-c2cc(-c3ccccn3)cc(-c3cccc4c3nc(-c3cc(C)ncc3O)n4-c3ccccc3)c2)c(C)c1. The number of fused-ring (bicyclic) bond motifs is 1. The van der Waals surface area contributed by atoms with Gasteiger partial charge in [-0.05, 0) is 110 Å². The third-order valence-electron chi connectivity index (χ3n) is 8.13. The molecule has 0 amide bonds. The normalized spacial score (nSPS) is 11.3. The summed E-state index contributed by atoms with van der Waals surface area (Å²) in [6.07, 6.45) is 3.33. The number of benzene rings is 4. The predicted molar refractivity (Wildman–Crippen MR) is 179 cm³/mol. The van der Waals surface area contributed by atoms with Crippen LogP contribution in [0.3, 0.4) is 0 Å². The number of aromatic nitrogens is 4. The van der Waals surface area contributed by atoms with Gasteiger partial charge in [-0.2, -0.15) is 0 Å². The van der Waals surface area contributed by atoms with E-state index in [1.54, 1.807) is 0 Å². The zero-order chi connectivity index (χ0) is 30.4. The van der Waals surface area contributed by atoms with Gasteiger partial charge in [-0.1, -0.05) is 54.1 Å². The summed E-state index contributed by atoms with van der Waals surface area (Å²) in [7, 11) is 0. The maximum atomic E-state index is 10.9. The lowest BCUT2D eigenvalue weighted by Crippen LogP contribution is -1.98. The Labute approximate surface area is 257 Å². The van der Waals surface area contributed by atoms with Crippen molar-refractivity contribution in [1.29, 1.82) is 0 Å². The highest BCUT2D eigenvalue weighted by atomic mass is 16.3. The Hall–Kier alpha value is -5.55. The van der Waals surface area contributed by atoms with E-state index in [-0.39, 0.29) is 5.75 Å². The molecule has 1 N–H and O–H groups in total. The minimum atomic E-state index is 0.0920. The summed E-state index contributed by atoms with van der Waals surface area (Å²) in [5.74, 6) is 0.752. The van der Waals surface area contributed by atoms with Gasteiger partial charge in [0.05, 0.1) is 28.5 Å². The van der Waals surface area contributed by atoms with Crippen LogP contribution in [0.2, 0.25) is 0 Å². The van der Waals surface area contributed by atoms with Crippen molar-refractivity contribution in [2.45, 2.75) is 27.7 Å². The van der Waals surface area contributed by atoms with Gasteiger partial charge in [-0.3, -0.25) is 14.5 Å². The molecule has 214 valence electrons. The highest BCUT2D eigenvalue weighted by Crippen LogP contribution is 2.40. The zero-order valence-corrected chi connectivity index (χ0v) is 25.2. The molecule has 0 spiro atoms. The predicted octanol–water partition coefficient (Wildman–Crippen LogP) is 9.42. The third-order valence-corrected chi connectivity index (χ3v) is 8.13. The van der Waals surface area contributed by atoms with Crippen LogP contribution < -0.4 is 0 Å². The molecular weight excluding hydrogens is 540 g/mol. The Kier molecular flexibility index (Phi) is 6.78. The number of hydrogen-bond donors (Lipinski definition) is 1. The molecular formula is C39H32N4O. The molecule has 0 saturated carbocycles. The molecule has 4 aromatic carbocycles. The maximum absolute atomic E-state index is 10.9. The van der Waals surface area contributed by atoms with Crippen LogP contribution in [0, 0.1) is 27.7 Å². The van der Waals surface area contributed by atoms with Gasteiger partial charge in [0, 0.05) is 28.7 Å². The van der Waals surface area contributed by atoms with Crippen LogP contribution in [0.15, 0.2) is 116 Å². The summed E-state index contributed by atoms with van der Waals surface area (Å²) in [6.45, 7) is 8.42. The number of para-hydroxylation sites is 2. The van der Waals surface area contributed by atoms with Gasteiger partial charge in [0.1, 0.15) is 11.6 Å². The molecule has 5 nitrogen and oxygen atoms in total. The van der Waals surface area contributed by atoms with Crippen molar-refractivity contribution in [3.8, 4) is 56.3 Å². The van der Waals surface area contributed by atoms with Crippen molar-refractivity contribution in [2.24, 2.45) is 0 Å². The summed E-state index contributed by atoms with van der Waals surface area (Å²) in [4.78, 5) is 14.2. The van der Waals surface area contributed by atoms with Crippen LogP contribution in [-0.2, 0) is 0 Å². The second kappa shape index (κ2) is 10.9. The van der Waals surface area contributed by atoms with Crippen molar-refractivity contribution < 1.29 is 5.11 Å². The van der Waals surface area contributed by atoms with E-state index in [9.17, 15) is 5.11 Å². The molecule has 0 fully saturated rings. The Bertz CT molecular complexity index is 2140. The number of rotatable bonds is 5. The van der Waals surface area contributed by atoms with E-state index in [0.29, 0.717) is 11.4 Å². The summed E-state index contributed by atoms with van der Waals surface area (Å²) >= 11 is 0. The number of pyridine rings is 2. The van der Waals surface area contributed by atoms with Crippen LogP contribution in [0.1, 0.15) is 22.4 Å². The summed E-state index contributed by atoms with van der Waals surface area (Å²) in [5, 5.41) is 10.9. The van der Waals surface area contributed by atoms with E-state index >= 15 is 0 Å². The number of imidazole rings is 1. The quantitative estimate of drug-likeness (QED) is 0.223. The van der Waals surface area contributed by atoms with E-state index in [1.807, 2.05) is 49.5 Å². The highest BCUT2D eigenvalue weighted by molar-refractivity contribution is 5.97. The molecule has 44 heavy (non-hydrogen) atoms. The number of aromatic hydroxyl groups is 1. The van der Waals surface area contributed by atoms with Crippen LogP contribution >= 0.6 is 0 Å². The lowest BCUT2D eigenvalue weighted by atomic mass is 9.89. The topological polar surface area (TPSA) is 63.8 Å². The van der Waals surface area contributed by atoms with E-state index in [0.717, 1.165) is 50.4 Å². The molecule has 0 unspecified atom stereocenters. The molecule has 0 aliphatic heterocycles. The van der Waals surface area contributed by atoms with E-state index in [1.165, 1.54) is 28.5 Å². The van der Waals surface area contributed by atoms with Crippen molar-refractivity contribution in [3.63, 3.8) is 0 Å². The van der Waals surface area contributed by atoms with E-state index in [4.69, 9.17) is 9.97 Å². The first-order valence-electron chi connectivity index (χ1n) is 14.8. The summed E-state index contributed by atoms with van der Waals surface area (Å²) in [5.41, 5.74) is 14.3. The van der Waals surface area contributed by atoms with Gasteiger partial charge in [0.15, 0.2) is 0 Å². The van der Waals surface area contributed by atoms with Gasteiger partial charge in [0.25, 0.3) is 0 Å². The first-order valence-corrected chi connectivity index (χ1v) is 14.8. The Morgan fingerprint density at radius 3 is 2.11 bits per heavy atom. The molecule has 0 saturated heterocycles. The molecule has 0 bridgehead atoms. The first-order chi connectivity index (χ1) is 21.4. The largest absolute Gasteiger partial charge is 0.506 e. The molecule has 0 radical (unpaired) electrons. The molecule has 7 rings (SSSR count). The maximum Gasteiger partial charge on any atom is 0.149 e. The fourth-order valence-electron chi connectivity index (χ4n) is 6.33. The molecule has 0 atom stereocenters. The average Bonchev–Trinajstić information content (AvgIpc) is 3.42. The lowest BCUT2D eigenvalue weighted by molar-refractivity contribution is 0.474. The molecule has 5 heteroatoms. The third kappa shape index (κ3) is 4.82. The second-order valence-electron chi connectivity index (χ2n) is 11.4. The van der Waals surface area contributed by atoms with Gasteiger partial charge < -0.3 is 5.11 Å². The second-order valence-corrected chi connectivity index (χ2v) is 11.4. The van der Waals surface area contributed by atoms with Crippen molar-refractivity contribution >= 4 is 11.0 Å². The standard InChI is InChI=1S/C39H32N4O/c1-24-17-25(2)37(26(3)18-24)30-21-28(20-29(22-30)34-14-8-9-16-40-34)32-13-10-15-35-38(32)42-39(33-19-27(4)41-23-36(33)44)43(35)31-11-6-5-7-12-31/h5-23,44H,1-4H3. The fourth-order valence-corrected chi connectivity index (χ4v) is 6.33. The van der Waals surface area contributed by atoms with Crippen molar-refractivity contribution in [2.75, 3.05) is 0 Å². The van der Waals surface area contributed by atoms with E-state index in [2.05, 4.69) is 97.1 Å². The molecule has 3 aromatic heterocycles. The minimum Gasteiger partial charge on any atom is -0.506 e. The van der Waals surface area contributed by atoms with Crippen molar-refractivity contribution in [3.05, 3.63) is 138 Å². The lowest BCUT2D eigenvalue weighted by Gasteiger charge is -2.15. The average molecular weight is 573 g/mol. The van der Waals surface area contributed by atoms with Crippen LogP contribution in [-0.4, -0.2) is 24.6 Å². The smallest absolute Gasteiger partial charge is 0.149 e. The van der Waals surface area contributed by atoms with Gasteiger partial charge in [-0.25, -0.2) is 4.98 Å². The highest BCUT2D eigenvalue weighted by Gasteiger charge is 2.21. The summed E-state index contributed by atoms with van der Waals surface area (Å²) in [6, 6.07) is 35.5. The monoisotopic (exact) mass is 572 g/mol. The van der Waals surface area contributed by atoms with Crippen LogP contribution in [0.4, 0.5) is 0 Å². The minimum absolute atomic E-state index is 0.0920. The number of nitrogens with zero attached hydrogens (tertiary/aromatic N) is 4. The van der Waals surface area contributed by atoms with Gasteiger partial charge in [0.2, 0.25) is 0 Å². The van der Waals surface area contributed by atoms with Crippen LogP contribution in [0.5, 0.6) is 5.75 Å². The Balaban J connectivity index is 1.54. The Morgan fingerprint density at radius 1 is 0.636 bits per heavy atom. The number of aryl methyl sites for hydroxylation is 4. The molecule has 3 heterocycles. The molecule has 0 aliphatic rings. The zero-order valence-electron chi connectivity index (χ0n) is 25.2. The first kappa shape index (κ1) is 27.3. The van der Waals surface area contributed by atoms with Crippen molar-refractivity contribution in [1.82, 2.24) is 19.5 Å². The van der Waals surface area contributed by atoms with E-state index < -0.39 is 0 Å². The van der Waals surface area contributed by atoms with Gasteiger partial charge in [-0.15, -0.1) is 0 Å². The number of hydrogen-bond acceptors (Lipinski definition) is 4. The van der Waals surface area contributed by atoms with Crippen LogP contribution in [0.25, 0.3) is 61.6 Å².